The number of carbonyl (C=O) groups is 2. The fraction of sp³-hybridized carbons (Fsp3) is 0.476. The first-order valence-corrected chi connectivity index (χ1v) is 10.4. The lowest BCUT2D eigenvalue weighted by Gasteiger charge is -2.17. The van der Waals surface area contributed by atoms with Crippen molar-refractivity contribution in [2.24, 2.45) is 5.41 Å². The normalized spacial score (nSPS) is 13.7. The Morgan fingerprint density at radius 2 is 1.89 bits per heavy atom. The molecule has 1 aromatic heterocycles. The van der Waals surface area contributed by atoms with Crippen LogP contribution < -0.4 is 10.6 Å². The second-order valence-electron chi connectivity index (χ2n) is 8.03. The van der Waals surface area contributed by atoms with Gasteiger partial charge in [0.15, 0.2) is 5.13 Å². The number of hydrogen-bond acceptors (Lipinski definition) is 4. The van der Waals surface area contributed by atoms with Gasteiger partial charge < -0.3 is 10.6 Å². The molecule has 6 heteroatoms. The summed E-state index contributed by atoms with van der Waals surface area (Å²) in [6.07, 6.45) is 5.06. The number of rotatable bonds is 5. The smallest absolute Gasteiger partial charge is 0.227 e. The summed E-state index contributed by atoms with van der Waals surface area (Å²) in [4.78, 5) is 28.4. The number of nitrogens with one attached hydrogen (secondary N) is 2. The summed E-state index contributed by atoms with van der Waals surface area (Å²) in [7, 11) is 0. The molecule has 0 atom stereocenters. The first-order valence-electron chi connectivity index (χ1n) is 9.49. The van der Waals surface area contributed by atoms with E-state index in [0.717, 1.165) is 17.7 Å². The van der Waals surface area contributed by atoms with Gasteiger partial charge in [0.2, 0.25) is 11.8 Å². The first kappa shape index (κ1) is 19.5. The third-order valence-electron chi connectivity index (χ3n) is 4.71. The van der Waals surface area contributed by atoms with E-state index in [2.05, 4.69) is 33.8 Å². The summed E-state index contributed by atoms with van der Waals surface area (Å²) in [5.41, 5.74) is 4.42. The van der Waals surface area contributed by atoms with Crippen LogP contribution in [-0.4, -0.2) is 23.3 Å². The molecule has 0 saturated heterocycles. The van der Waals surface area contributed by atoms with Crippen LogP contribution in [0.5, 0.6) is 0 Å². The molecule has 2 amide bonds. The molecule has 0 aliphatic heterocycles. The lowest BCUT2D eigenvalue weighted by Crippen LogP contribution is -2.36. The van der Waals surface area contributed by atoms with E-state index in [1.54, 1.807) is 0 Å². The molecule has 1 aliphatic carbocycles. The van der Waals surface area contributed by atoms with Crippen LogP contribution in [0, 0.1) is 5.41 Å². The second kappa shape index (κ2) is 8.21. The van der Waals surface area contributed by atoms with Crippen molar-refractivity contribution >= 4 is 28.3 Å². The number of carbonyl (C=O) groups excluding carboxylic acids is 2. The second-order valence-corrected chi connectivity index (χ2v) is 8.89. The van der Waals surface area contributed by atoms with Crippen LogP contribution in [0.25, 0.3) is 11.3 Å². The van der Waals surface area contributed by atoms with Crippen molar-refractivity contribution < 1.29 is 9.59 Å². The Morgan fingerprint density at radius 1 is 1.15 bits per heavy atom. The fourth-order valence-corrected chi connectivity index (χ4v) is 3.83. The lowest BCUT2D eigenvalue weighted by atomic mass is 9.90. The van der Waals surface area contributed by atoms with Crippen molar-refractivity contribution in [3.8, 4) is 11.3 Å². The van der Waals surface area contributed by atoms with Crippen LogP contribution in [0.2, 0.25) is 0 Å². The molecule has 27 heavy (non-hydrogen) atoms. The number of thiazole rings is 1. The van der Waals surface area contributed by atoms with Crippen molar-refractivity contribution in [1.29, 1.82) is 0 Å². The van der Waals surface area contributed by atoms with Gasteiger partial charge in [-0.3, -0.25) is 9.59 Å². The molecule has 144 valence electrons. The van der Waals surface area contributed by atoms with Crippen molar-refractivity contribution in [3.63, 3.8) is 0 Å². The number of fused-ring (bicyclic) bond motifs is 1. The highest BCUT2D eigenvalue weighted by atomic mass is 32.1. The molecular weight excluding hydrogens is 358 g/mol. The highest BCUT2D eigenvalue weighted by Crippen LogP contribution is 2.29. The average Bonchev–Trinajstić information content (AvgIpc) is 3.08. The molecule has 0 spiro atoms. The number of aromatic nitrogens is 1. The third-order valence-corrected chi connectivity index (χ3v) is 5.47. The largest absolute Gasteiger partial charge is 0.355 e. The Morgan fingerprint density at radius 3 is 2.63 bits per heavy atom. The Labute approximate surface area is 164 Å². The van der Waals surface area contributed by atoms with Gasteiger partial charge in [-0.25, -0.2) is 4.98 Å². The van der Waals surface area contributed by atoms with Crippen molar-refractivity contribution in [1.82, 2.24) is 10.3 Å². The zero-order valence-electron chi connectivity index (χ0n) is 16.2. The van der Waals surface area contributed by atoms with Gasteiger partial charge in [-0.05, 0) is 42.9 Å². The summed E-state index contributed by atoms with van der Waals surface area (Å²) in [6, 6.07) is 6.56. The molecule has 5 nitrogen and oxygen atoms in total. The molecular formula is C21H27N3O2S. The molecule has 0 bridgehead atoms. The highest BCUT2D eigenvalue weighted by molar-refractivity contribution is 7.14. The molecule has 1 aromatic carbocycles. The van der Waals surface area contributed by atoms with Crippen LogP contribution in [0.15, 0.2) is 23.6 Å². The molecule has 0 radical (unpaired) electrons. The zero-order chi connectivity index (χ0) is 19.4. The molecule has 1 heterocycles. The molecule has 2 N–H and O–H groups in total. The molecule has 0 saturated carbocycles. The van der Waals surface area contributed by atoms with Crippen LogP contribution in [0.3, 0.4) is 0 Å². The maximum Gasteiger partial charge on any atom is 0.227 e. The summed E-state index contributed by atoms with van der Waals surface area (Å²) in [5.74, 6) is -0.199. The van der Waals surface area contributed by atoms with Gasteiger partial charge in [0, 0.05) is 29.3 Å². The van der Waals surface area contributed by atoms with E-state index < -0.39 is 5.41 Å². The zero-order valence-corrected chi connectivity index (χ0v) is 17.0. The predicted molar refractivity (Wildman–Crippen MR) is 110 cm³/mol. The van der Waals surface area contributed by atoms with E-state index in [1.807, 2.05) is 26.2 Å². The number of anilines is 1. The predicted octanol–water partition coefficient (Wildman–Crippen LogP) is 4.18. The minimum atomic E-state index is -0.449. The molecule has 0 fully saturated rings. The van der Waals surface area contributed by atoms with Gasteiger partial charge in [-0.1, -0.05) is 32.9 Å². The number of benzene rings is 1. The van der Waals surface area contributed by atoms with Gasteiger partial charge in [-0.2, -0.15) is 0 Å². The summed E-state index contributed by atoms with van der Waals surface area (Å²) >= 11 is 1.42. The van der Waals surface area contributed by atoms with E-state index in [4.69, 9.17) is 0 Å². The first-order chi connectivity index (χ1) is 12.8. The Kier molecular flexibility index (Phi) is 5.95. The van der Waals surface area contributed by atoms with Gasteiger partial charge in [0.1, 0.15) is 0 Å². The average molecular weight is 386 g/mol. The summed E-state index contributed by atoms with van der Waals surface area (Å²) in [6.45, 7) is 5.87. The van der Waals surface area contributed by atoms with Crippen molar-refractivity contribution in [2.45, 2.75) is 52.9 Å². The number of amides is 2. The summed E-state index contributed by atoms with van der Waals surface area (Å²) in [5, 5.41) is 8.17. The van der Waals surface area contributed by atoms with Gasteiger partial charge in [0.25, 0.3) is 0 Å². The summed E-state index contributed by atoms with van der Waals surface area (Å²) < 4.78 is 0. The minimum Gasteiger partial charge on any atom is -0.355 e. The maximum atomic E-state index is 12.1. The minimum absolute atomic E-state index is 0.0563. The molecule has 0 unspecified atom stereocenters. The van der Waals surface area contributed by atoms with Crippen molar-refractivity contribution in [2.75, 3.05) is 11.9 Å². The highest BCUT2D eigenvalue weighted by Gasteiger charge is 2.20. The van der Waals surface area contributed by atoms with E-state index in [9.17, 15) is 9.59 Å². The number of nitrogens with zero attached hydrogens (tertiary/aromatic N) is 1. The van der Waals surface area contributed by atoms with Gasteiger partial charge >= 0.3 is 0 Å². The van der Waals surface area contributed by atoms with Gasteiger partial charge in [-0.15, -0.1) is 11.3 Å². The lowest BCUT2D eigenvalue weighted by molar-refractivity contribution is -0.128. The maximum absolute atomic E-state index is 12.1. The number of hydrogen-bond donors (Lipinski definition) is 2. The van der Waals surface area contributed by atoms with E-state index in [-0.39, 0.29) is 18.2 Å². The van der Waals surface area contributed by atoms with E-state index in [0.29, 0.717) is 11.7 Å². The number of aryl methyl sites for hydroxylation is 2. The Balaban J connectivity index is 1.55. The molecule has 1 aliphatic rings. The monoisotopic (exact) mass is 385 g/mol. The third kappa shape index (κ3) is 5.16. The van der Waals surface area contributed by atoms with Crippen molar-refractivity contribution in [3.05, 3.63) is 34.7 Å². The van der Waals surface area contributed by atoms with Gasteiger partial charge in [0.05, 0.1) is 5.69 Å². The SMILES string of the molecule is CC(C)(C)C(=O)NCCC(=O)Nc1nc(-c2ccc3c(c2)CCCC3)cs1. The Bertz CT molecular complexity index is 836. The standard InChI is InChI=1S/C21H27N3O2S/c1-21(2,3)19(26)22-11-10-18(25)24-20-23-17(13-27-20)16-9-8-14-6-4-5-7-15(14)12-16/h8-9,12-13H,4-7,10-11H2,1-3H3,(H,22,26)(H,23,24,25). The van der Waals surface area contributed by atoms with E-state index >= 15 is 0 Å². The molecule has 2 aromatic rings. The topological polar surface area (TPSA) is 71.1 Å². The van der Waals surface area contributed by atoms with Crippen LogP contribution >= 0.6 is 11.3 Å². The molecule has 3 rings (SSSR count). The van der Waals surface area contributed by atoms with E-state index in [1.165, 1.54) is 41.7 Å². The van der Waals surface area contributed by atoms with Crippen LogP contribution in [0.1, 0.15) is 51.2 Å². The quantitative estimate of drug-likeness (QED) is 0.811. The van der Waals surface area contributed by atoms with Crippen LogP contribution in [0.4, 0.5) is 5.13 Å². The van der Waals surface area contributed by atoms with Crippen LogP contribution in [-0.2, 0) is 22.4 Å². The fourth-order valence-electron chi connectivity index (χ4n) is 3.09. The Hall–Kier alpha value is -2.21.